The summed E-state index contributed by atoms with van der Waals surface area (Å²) in [6.45, 7) is 5.06. The van der Waals surface area contributed by atoms with Crippen LogP contribution in [0.2, 0.25) is 0 Å². The van der Waals surface area contributed by atoms with E-state index in [1.807, 2.05) is 6.07 Å². The Hall–Kier alpha value is -1.17. The zero-order valence-electron chi connectivity index (χ0n) is 11.0. The lowest BCUT2D eigenvalue weighted by molar-refractivity contribution is 0.0581. The molecule has 18 heavy (non-hydrogen) atoms. The van der Waals surface area contributed by atoms with Crippen LogP contribution in [0.4, 0.5) is 0 Å². The molecule has 0 radical (unpaired) electrons. The Labute approximate surface area is 108 Å². The average Bonchev–Trinajstić information content (AvgIpc) is 2.28. The number of hydrogen-bond donors (Lipinski definition) is 2. The van der Waals surface area contributed by atoms with E-state index in [1.165, 1.54) is 0 Å². The molecule has 100 valence electrons. The van der Waals surface area contributed by atoms with Gasteiger partial charge in [-0.3, -0.25) is 5.84 Å². The molecule has 1 saturated heterocycles. The Morgan fingerprint density at radius 3 is 3.00 bits per heavy atom. The summed E-state index contributed by atoms with van der Waals surface area (Å²) in [5, 5.41) is 11.9. The maximum Gasteiger partial charge on any atom is 0.219 e. The lowest BCUT2D eigenvalue weighted by Crippen LogP contribution is -2.45. The summed E-state index contributed by atoms with van der Waals surface area (Å²) < 4.78 is 5.89. The predicted molar refractivity (Wildman–Crippen MR) is 68.9 cm³/mol. The number of aromatic nitrogens is 1. The van der Waals surface area contributed by atoms with Crippen molar-refractivity contribution in [2.24, 2.45) is 5.84 Å². The zero-order valence-corrected chi connectivity index (χ0v) is 11.0. The molecule has 1 fully saturated rings. The quantitative estimate of drug-likeness (QED) is 0.785. The van der Waals surface area contributed by atoms with Gasteiger partial charge in [0.2, 0.25) is 5.88 Å². The normalized spacial score (nSPS) is 21.9. The first-order valence-electron chi connectivity index (χ1n) is 6.31. The molecule has 2 heterocycles. The van der Waals surface area contributed by atoms with Gasteiger partial charge >= 0.3 is 0 Å². The molecule has 1 atom stereocenters. The maximum absolute atomic E-state index is 10.1. The fraction of sp³-hybridized carbons (Fsp3) is 0.615. The van der Waals surface area contributed by atoms with Crippen LogP contribution in [0.15, 0.2) is 18.3 Å². The molecule has 5 heteroatoms. The van der Waals surface area contributed by atoms with E-state index in [4.69, 9.17) is 10.6 Å². The van der Waals surface area contributed by atoms with Gasteiger partial charge in [-0.05, 0) is 38.8 Å². The van der Waals surface area contributed by atoms with Crippen molar-refractivity contribution in [3.63, 3.8) is 0 Å². The molecule has 0 amide bonds. The SMILES string of the molecule is CC(C)(O)c1cccnc1OC1CCCN(N)C1. The minimum absolute atomic E-state index is 0.0414. The first-order chi connectivity index (χ1) is 8.47. The first-order valence-corrected chi connectivity index (χ1v) is 6.31. The molecule has 3 N–H and O–H groups in total. The molecular weight excluding hydrogens is 230 g/mol. The third-order valence-electron chi connectivity index (χ3n) is 3.12. The number of pyridine rings is 1. The van der Waals surface area contributed by atoms with Gasteiger partial charge in [0.15, 0.2) is 0 Å². The minimum Gasteiger partial charge on any atom is -0.473 e. The molecule has 0 aliphatic carbocycles. The van der Waals surface area contributed by atoms with E-state index in [1.54, 1.807) is 31.1 Å². The summed E-state index contributed by atoms with van der Waals surface area (Å²) in [6.07, 6.45) is 3.70. The standard InChI is InChI=1S/C13H21N3O2/c1-13(2,17)11-6-3-7-15-12(11)18-10-5-4-8-16(14)9-10/h3,6-7,10,17H,4-5,8-9,14H2,1-2H3. The highest BCUT2D eigenvalue weighted by Crippen LogP contribution is 2.28. The van der Waals surface area contributed by atoms with E-state index in [0.717, 1.165) is 19.4 Å². The molecule has 0 bridgehead atoms. The molecule has 1 aromatic heterocycles. The van der Waals surface area contributed by atoms with E-state index >= 15 is 0 Å². The Kier molecular flexibility index (Phi) is 3.85. The van der Waals surface area contributed by atoms with Crippen LogP contribution in [0.3, 0.4) is 0 Å². The third kappa shape index (κ3) is 3.19. The number of rotatable bonds is 3. The number of hydrazine groups is 1. The van der Waals surface area contributed by atoms with Crippen LogP contribution in [0, 0.1) is 0 Å². The Balaban J connectivity index is 2.13. The summed E-state index contributed by atoms with van der Waals surface area (Å²) in [5.41, 5.74) is -0.250. The van der Waals surface area contributed by atoms with Gasteiger partial charge in [-0.15, -0.1) is 0 Å². The molecule has 0 aromatic carbocycles. The van der Waals surface area contributed by atoms with Crippen molar-refractivity contribution < 1.29 is 9.84 Å². The molecule has 2 rings (SSSR count). The number of nitrogens with two attached hydrogens (primary N) is 1. The van der Waals surface area contributed by atoms with Gasteiger partial charge in [0.25, 0.3) is 0 Å². The molecular formula is C13H21N3O2. The van der Waals surface area contributed by atoms with Crippen LogP contribution >= 0.6 is 0 Å². The summed E-state index contributed by atoms with van der Waals surface area (Å²) >= 11 is 0. The largest absolute Gasteiger partial charge is 0.473 e. The predicted octanol–water partition coefficient (Wildman–Crippen LogP) is 1.03. The van der Waals surface area contributed by atoms with Crippen LogP contribution in [-0.4, -0.2) is 34.3 Å². The van der Waals surface area contributed by atoms with Gasteiger partial charge in [0.05, 0.1) is 12.1 Å². The lowest BCUT2D eigenvalue weighted by Gasteiger charge is -2.30. The van der Waals surface area contributed by atoms with E-state index < -0.39 is 5.60 Å². The second-order valence-electron chi connectivity index (χ2n) is 5.29. The lowest BCUT2D eigenvalue weighted by atomic mass is 10.00. The van der Waals surface area contributed by atoms with E-state index in [9.17, 15) is 5.11 Å². The van der Waals surface area contributed by atoms with Gasteiger partial charge in [-0.25, -0.2) is 9.99 Å². The number of ether oxygens (including phenoxy) is 1. The van der Waals surface area contributed by atoms with E-state index in [0.29, 0.717) is 18.0 Å². The topological polar surface area (TPSA) is 71.6 Å². The molecule has 1 aliphatic rings. The van der Waals surface area contributed by atoms with Crippen molar-refractivity contribution >= 4 is 0 Å². The molecule has 1 aromatic rings. The van der Waals surface area contributed by atoms with Gasteiger partial charge in [-0.2, -0.15) is 0 Å². The molecule has 1 aliphatic heterocycles. The minimum atomic E-state index is -0.958. The Morgan fingerprint density at radius 2 is 2.33 bits per heavy atom. The van der Waals surface area contributed by atoms with Gasteiger partial charge < -0.3 is 9.84 Å². The summed E-state index contributed by atoms with van der Waals surface area (Å²) in [4.78, 5) is 4.22. The highest BCUT2D eigenvalue weighted by molar-refractivity contribution is 5.30. The fourth-order valence-electron chi connectivity index (χ4n) is 2.17. The van der Waals surface area contributed by atoms with Crippen molar-refractivity contribution in [3.05, 3.63) is 23.9 Å². The summed E-state index contributed by atoms with van der Waals surface area (Å²) in [7, 11) is 0. The highest BCUT2D eigenvalue weighted by Gasteiger charge is 2.25. The fourth-order valence-corrected chi connectivity index (χ4v) is 2.17. The first kappa shape index (κ1) is 13.3. The van der Waals surface area contributed by atoms with Crippen LogP contribution in [0.25, 0.3) is 0 Å². The maximum atomic E-state index is 10.1. The van der Waals surface area contributed by atoms with Crippen LogP contribution < -0.4 is 10.6 Å². The van der Waals surface area contributed by atoms with Gasteiger partial charge in [0.1, 0.15) is 6.10 Å². The average molecular weight is 251 g/mol. The van der Waals surface area contributed by atoms with Crippen molar-refractivity contribution in [2.75, 3.05) is 13.1 Å². The van der Waals surface area contributed by atoms with Crippen molar-refractivity contribution in [2.45, 2.75) is 38.4 Å². The van der Waals surface area contributed by atoms with E-state index in [-0.39, 0.29) is 6.10 Å². The van der Waals surface area contributed by atoms with Crippen molar-refractivity contribution in [3.8, 4) is 5.88 Å². The molecule has 1 unspecified atom stereocenters. The van der Waals surface area contributed by atoms with Crippen molar-refractivity contribution in [1.82, 2.24) is 9.99 Å². The second kappa shape index (κ2) is 5.22. The second-order valence-corrected chi connectivity index (χ2v) is 5.29. The van der Waals surface area contributed by atoms with Crippen LogP contribution in [0.1, 0.15) is 32.3 Å². The van der Waals surface area contributed by atoms with Crippen LogP contribution in [-0.2, 0) is 5.60 Å². The Bertz CT molecular complexity index is 403. The molecule has 0 saturated carbocycles. The zero-order chi connectivity index (χ0) is 13.2. The smallest absolute Gasteiger partial charge is 0.219 e. The third-order valence-corrected chi connectivity index (χ3v) is 3.12. The monoisotopic (exact) mass is 251 g/mol. The number of hydrogen-bond acceptors (Lipinski definition) is 5. The molecule has 0 spiro atoms. The van der Waals surface area contributed by atoms with Gasteiger partial charge in [0, 0.05) is 18.3 Å². The van der Waals surface area contributed by atoms with E-state index in [2.05, 4.69) is 4.98 Å². The number of aliphatic hydroxyl groups is 1. The van der Waals surface area contributed by atoms with Crippen LogP contribution in [0.5, 0.6) is 5.88 Å². The summed E-state index contributed by atoms with van der Waals surface area (Å²) in [6, 6.07) is 3.64. The van der Waals surface area contributed by atoms with Gasteiger partial charge in [-0.1, -0.05) is 0 Å². The van der Waals surface area contributed by atoms with Crippen molar-refractivity contribution in [1.29, 1.82) is 0 Å². The molecule has 5 nitrogen and oxygen atoms in total. The number of nitrogens with zero attached hydrogens (tertiary/aromatic N) is 2. The summed E-state index contributed by atoms with van der Waals surface area (Å²) in [5.74, 6) is 6.29. The Morgan fingerprint density at radius 1 is 1.56 bits per heavy atom. The number of piperidine rings is 1. The highest BCUT2D eigenvalue weighted by atomic mass is 16.5.